The van der Waals surface area contributed by atoms with Gasteiger partial charge in [0.1, 0.15) is 35.9 Å². The first-order chi connectivity index (χ1) is 15.0. The fraction of sp³-hybridized carbons (Fsp3) is 0.227. The van der Waals surface area contributed by atoms with E-state index in [4.69, 9.17) is 13.9 Å². The van der Waals surface area contributed by atoms with Crippen molar-refractivity contribution in [2.45, 2.75) is 19.4 Å². The molecule has 1 heterocycles. The highest BCUT2D eigenvalue weighted by atomic mass is 19.1. The molecule has 0 radical (unpaired) electrons. The van der Waals surface area contributed by atoms with Gasteiger partial charge in [-0.1, -0.05) is 0 Å². The van der Waals surface area contributed by atoms with E-state index in [0.29, 0.717) is 29.8 Å². The summed E-state index contributed by atoms with van der Waals surface area (Å²) in [4.78, 5) is 28.0. The maximum atomic E-state index is 13.5. The highest BCUT2D eigenvalue weighted by Gasteiger charge is 2.13. The lowest BCUT2D eigenvalue weighted by Gasteiger charge is -2.06. The highest BCUT2D eigenvalue weighted by molar-refractivity contribution is 5.94. The number of halogens is 2. The fourth-order valence-electron chi connectivity index (χ4n) is 2.67. The average Bonchev–Trinajstić information content (AvgIpc) is 3.24. The molecule has 0 spiro atoms. The van der Waals surface area contributed by atoms with E-state index in [0.717, 1.165) is 17.7 Å². The SMILES string of the molecule is COc1ccc(-c2nc(COC(=O)CCCNC(=O)c3ccc(F)cc3F)co2)cc1. The number of aromatic nitrogens is 1. The van der Waals surface area contributed by atoms with E-state index in [9.17, 15) is 18.4 Å². The number of ether oxygens (including phenoxy) is 2. The van der Waals surface area contributed by atoms with Crippen molar-refractivity contribution in [3.8, 4) is 17.2 Å². The number of esters is 1. The van der Waals surface area contributed by atoms with Gasteiger partial charge in [0.25, 0.3) is 5.91 Å². The molecule has 0 aliphatic heterocycles. The Hall–Kier alpha value is -3.75. The second-order valence-corrected chi connectivity index (χ2v) is 6.52. The molecule has 0 unspecified atom stereocenters. The molecule has 0 atom stereocenters. The van der Waals surface area contributed by atoms with E-state index < -0.39 is 23.5 Å². The molecule has 0 aliphatic carbocycles. The van der Waals surface area contributed by atoms with E-state index in [1.54, 1.807) is 31.4 Å². The Bertz CT molecular complexity index is 1050. The van der Waals surface area contributed by atoms with Crippen LogP contribution in [0.3, 0.4) is 0 Å². The fourth-order valence-corrected chi connectivity index (χ4v) is 2.67. The maximum Gasteiger partial charge on any atom is 0.306 e. The molecule has 162 valence electrons. The number of rotatable bonds is 9. The molecule has 1 aromatic heterocycles. The van der Waals surface area contributed by atoms with Gasteiger partial charge in [-0.2, -0.15) is 0 Å². The third kappa shape index (κ3) is 6.11. The number of amides is 1. The summed E-state index contributed by atoms with van der Waals surface area (Å²) >= 11 is 0. The second-order valence-electron chi connectivity index (χ2n) is 6.52. The van der Waals surface area contributed by atoms with Crippen LogP contribution in [0, 0.1) is 11.6 Å². The zero-order valence-corrected chi connectivity index (χ0v) is 16.7. The zero-order chi connectivity index (χ0) is 22.2. The van der Waals surface area contributed by atoms with Gasteiger partial charge in [0.15, 0.2) is 0 Å². The summed E-state index contributed by atoms with van der Waals surface area (Å²) < 4.78 is 42.1. The molecule has 31 heavy (non-hydrogen) atoms. The van der Waals surface area contributed by atoms with Crippen molar-refractivity contribution >= 4 is 11.9 Å². The number of hydrogen-bond donors (Lipinski definition) is 1. The number of nitrogens with zero attached hydrogens (tertiary/aromatic N) is 1. The predicted octanol–water partition coefficient (Wildman–Crippen LogP) is 3.88. The van der Waals surface area contributed by atoms with Crippen molar-refractivity contribution in [2.24, 2.45) is 0 Å². The molecule has 0 fully saturated rings. The Morgan fingerprint density at radius 2 is 1.90 bits per heavy atom. The molecule has 1 N–H and O–H groups in total. The van der Waals surface area contributed by atoms with Crippen molar-refractivity contribution in [3.05, 3.63) is 71.6 Å². The van der Waals surface area contributed by atoms with E-state index in [1.165, 1.54) is 6.26 Å². The van der Waals surface area contributed by atoms with Gasteiger partial charge in [0.2, 0.25) is 5.89 Å². The van der Waals surface area contributed by atoms with Crippen LogP contribution in [0.4, 0.5) is 8.78 Å². The van der Waals surface area contributed by atoms with Crippen molar-refractivity contribution in [1.82, 2.24) is 10.3 Å². The van der Waals surface area contributed by atoms with Crippen molar-refractivity contribution in [2.75, 3.05) is 13.7 Å². The normalized spacial score (nSPS) is 10.5. The highest BCUT2D eigenvalue weighted by Crippen LogP contribution is 2.22. The predicted molar refractivity (Wildman–Crippen MR) is 106 cm³/mol. The molecule has 3 rings (SSSR count). The second kappa shape index (κ2) is 10.3. The van der Waals surface area contributed by atoms with Gasteiger partial charge in [0, 0.05) is 24.6 Å². The Labute approximate surface area is 177 Å². The first-order valence-corrected chi connectivity index (χ1v) is 9.44. The molecule has 0 aliphatic rings. The molecule has 0 bridgehead atoms. The summed E-state index contributed by atoms with van der Waals surface area (Å²) in [6, 6.07) is 9.85. The monoisotopic (exact) mass is 430 g/mol. The number of hydrogen-bond acceptors (Lipinski definition) is 6. The third-order valence-corrected chi connectivity index (χ3v) is 4.29. The number of carbonyl (C=O) groups is 2. The van der Waals surface area contributed by atoms with Gasteiger partial charge < -0.3 is 19.2 Å². The van der Waals surface area contributed by atoms with Gasteiger partial charge in [-0.3, -0.25) is 9.59 Å². The van der Waals surface area contributed by atoms with Crippen LogP contribution in [0.25, 0.3) is 11.5 Å². The summed E-state index contributed by atoms with van der Waals surface area (Å²) in [5.41, 5.74) is 0.952. The number of methoxy groups -OCH3 is 1. The quantitative estimate of drug-likeness (QED) is 0.409. The molecule has 0 saturated heterocycles. The Balaban J connectivity index is 1.38. The number of benzene rings is 2. The summed E-state index contributed by atoms with van der Waals surface area (Å²) in [7, 11) is 1.58. The summed E-state index contributed by atoms with van der Waals surface area (Å²) in [5.74, 6) is -1.76. The molecular weight excluding hydrogens is 410 g/mol. The van der Waals surface area contributed by atoms with Crippen LogP contribution in [-0.2, 0) is 16.1 Å². The van der Waals surface area contributed by atoms with Gasteiger partial charge in [0.05, 0.1) is 12.7 Å². The topological polar surface area (TPSA) is 90.7 Å². The smallest absolute Gasteiger partial charge is 0.306 e. The van der Waals surface area contributed by atoms with Crippen molar-refractivity contribution in [1.29, 1.82) is 0 Å². The van der Waals surface area contributed by atoms with E-state index in [2.05, 4.69) is 10.3 Å². The molecule has 3 aromatic rings. The Morgan fingerprint density at radius 1 is 1.13 bits per heavy atom. The number of oxazole rings is 1. The maximum absolute atomic E-state index is 13.5. The third-order valence-electron chi connectivity index (χ3n) is 4.29. The summed E-state index contributed by atoms with van der Waals surface area (Å²) in [6.45, 7) is 0.0853. The zero-order valence-electron chi connectivity index (χ0n) is 16.7. The lowest BCUT2D eigenvalue weighted by molar-refractivity contribution is -0.145. The number of carbonyl (C=O) groups excluding carboxylic acids is 2. The van der Waals surface area contributed by atoms with E-state index in [1.807, 2.05) is 0 Å². The molecule has 9 heteroatoms. The van der Waals surface area contributed by atoms with Crippen molar-refractivity contribution in [3.63, 3.8) is 0 Å². The van der Waals surface area contributed by atoms with Crippen molar-refractivity contribution < 1.29 is 32.3 Å². The minimum atomic E-state index is -0.946. The van der Waals surface area contributed by atoms with Crippen LogP contribution in [0.1, 0.15) is 28.9 Å². The van der Waals surface area contributed by atoms with Crippen LogP contribution in [-0.4, -0.2) is 30.5 Å². The van der Waals surface area contributed by atoms with Gasteiger partial charge in [-0.05, 0) is 42.8 Å². The van der Waals surface area contributed by atoms with Crippen LogP contribution < -0.4 is 10.1 Å². The Morgan fingerprint density at radius 3 is 2.61 bits per heavy atom. The molecule has 2 aromatic carbocycles. The molecule has 1 amide bonds. The van der Waals surface area contributed by atoms with Gasteiger partial charge in [-0.15, -0.1) is 0 Å². The summed E-state index contributed by atoms with van der Waals surface area (Å²) in [5, 5.41) is 2.47. The van der Waals surface area contributed by atoms with E-state index >= 15 is 0 Å². The Kier molecular flexibility index (Phi) is 7.31. The van der Waals surface area contributed by atoms with Crippen LogP contribution >= 0.6 is 0 Å². The lowest BCUT2D eigenvalue weighted by Crippen LogP contribution is -2.26. The first-order valence-electron chi connectivity index (χ1n) is 9.44. The molecule has 0 saturated carbocycles. The largest absolute Gasteiger partial charge is 0.497 e. The minimum absolute atomic E-state index is 0.0500. The van der Waals surface area contributed by atoms with Crippen LogP contribution in [0.15, 0.2) is 53.1 Å². The van der Waals surface area contributed by atoms with Crippen LogP contribution in [0.5, 0.6) is 5.75 Å². The molecular formula is C22H20F2N2O5. The van der Waals surface area contributed by atoms with Gasteiger partial charge in [-0.25, -0.2) is 13.8 Å². The minimum Gasteiger partial charge on any atom is -0.497 e. The number of nitrogens with one attached hydrogen (secondary N) is 1. The summed E-state index contributed by atoms with van der Waals surface area (Å²) in [6.07, 6.45) is 1.75. The van der Waals surface area contributed by atoms with Crippen LogP contribution in [0.2, 0.25) is 0 Å². The molecule has 7 nitrogen and oxygen atoms in total. The average molecular weight is 430 g/mol. The lowest BCUT2D eigenvalue weighted by atomic mass is 10.2. The standard InChI is InChI=1S/C22H20F2N2O5/c1-29-17-7-4-14(5-8-17)22-26-16(13-31-22)12-30-20(27)3-2-10-25-21(28)18-9-6-15(23)11-19(18)24/h4-9,11,13H,2-3,10,12H2,1H3,(H,25,28). The first kappa shape index (κ1) is 21.9. The van der Waals surface area contributed by atoms with E-state index in [-0.39, 0.29) is 25.1 Å². The van der Waals surface area contributed by atoms with Gasteiger partial charge >= 0.3 is 5.97 Å².